The summed E-state index contributed by atoms with van der Waals surface area (Å²) in [5.41, 5.74) is 14.0. The molecule has 1 heteroatoms. The van der Waals surface area contributed by atoms with E-state index in [1.54, 1.807) is 0 Å². The van der Waals surface area contributed by atoms with Crippen molar-refractivity contribution in [1.82, 2.24) is 0 Å². The molecule has 0 atom stereocenters. The average molecular weight is 649 g/mol. The fraction of sp³-hybridized carbons (Fsp3) is 0. The molecule has 1 heterocycles. The third-order valence-corrected chi connectivity index (χ3v) is 10.3. The molecule has 0 bridgehead atoms. The zero-order chi connectivity index (χ0) is 33.7. The van der Waals surface area contributed by atoms with E-state index in [0.717, 1.165) is 21.9 Å². The van der Waals surface area contributed by atoms with Crippen LogP contribution in [-0.2, 0) is 0 Å². The zero-order valence-electron chi connectivity index (χ0n) is 27.9. The number of rotatable bonds is 5. The van der Waals surface area contributed by atoms with Gasteiger partial charge in [-0.15, -0.1) is 0 Å². The first-order valence-electron chi connectivity index (χ1n) is 17.5. The number of benzene rings is 9. The summed E-state index contributed by atoms with van der Waals surface area (Å²) in [7, 11) is 0. The molecule has 1 nitrogen and oxygen atoms in total. The van der Waals surface area contributed by atoms with E-state index in [1.807, 2.05) is 12.1 Å². The molecule has 0 aliphatic heterocycles. The molecule has 0 unspecified atom stereocenters. The SMILES string of the molecule is c1ccc(-c2cccc(-c3c4ccccc4c(-c4ccc(-c5ccccc5-c5ccc6oc7ccccc7c6c5)cc4)c4ccccc34)c2)cc1. The minimum absolute atomic E-state index is 0.913. The number of hydrogen-bond acceptors (Lipinski definition) is 1. The van der Waals surface area contributed by atoms with Crippen LogP contribution in [0.1, 0.15) is 0 Å². The van der Waals surface area contributed by atoms with Gasteiger partial charge in [0.2, 0.25) is 0 Å². The van der Waals surface area contributed by atoms with E-state index in [0.29, 0.717) is 0 Å². The first-order chi connectivity index (χ1) is 25.3. The van der Waals surface area contributed by atoms with Gasteiger partial charge in [-0.25, -0.2) is 0 Å². The standard InChI is InChI=1S/C50H32O/c1-2-13-33(14-3-1)36-15-12-16-38(31-36)50-44-22-8-6-20-42(44)49(43-21-7-9-23-45(43)50)35-27-25-34(26-28-35)39-17-4-5-18-40(39)37-29-30-48-46(32-37)41-19-10-11-24-47(41)51-48/h1-32H. The number of fused-ring (bicyclic) bond motifs is 5. The monoisotopic (exact) mass is 648 g/mol. The Morgan fingerprint density at radius 2 is 0.706 bits per heavy atom. The predicted molar refractivity (Wildman–Crippen MR) is 216 cm³/mol. The molecule has 0 fully saturated rings. The third kappa shape index (κ3) is 4.94. The molecule has 0 spiro atoms. The lowest BCUT2D eigenvalue weighted by molar-refractivity contribution is 0.669. The topological polar surface area (TPSA) is 13.1 Å². The van der Waals surface area contributed by atoms with Crippen molar-refractivity contribution in [2.24, 2.45) is 0 Å². The Hall–Kier alpha value is -6.70. The Morgan fingerprint density at radius 3 is 1.39 bits per heavy atom. The van der Waals surface area contributed by atoms with Gasteiger partial charge in [0.25, 0.3) is 0 Å². The summed E-state index contributed by atoms with van der Waals surface area (Å²) in [6, 6.07) is 70.0. The van der Waals surface area contributed by atoms with Gasteiger partial charge in [0.1, 0.15) is 11.2 Å². The van der Waals surface area contributed by atoms with Gasteiger partial charge in [0, 0.05) is 10.8 Å². The third-order valence-electron chi connectivity index (χ3n) is 10.3. The van der Waals surface area contributed by atoms with Crippen LogP contribution in [-0.4, -0.2) is 0 Å². The summed E-state index contributed by atoms with van der Waals surface area (Å²) in [6.07, 6.45) is 0. The van der Waals surface area contributed by atoms with Crippen molar-refractivity contribution in [1.29, 1.82) is 0 Å². The molecule has 0 radical (unpaired) electrons. The van der Waals surface area contributed by atoms with Crippen LogP contribution in [0, 0.1) is 0 Å². The molecule has 238 valence electrons. The second kappa shape index (κ2) is 12.0. The van der Waals surface area contributed by atoms with Crippen molar-refractivity contribution in [3.8, 4) is 55.6 Å². The summed E-state index contributed by atoms with van der Waals surface area (Å²) in [5, 5.41) is 7.31. The Morgan fingerprint density at radius 1 is 0.235 bits per heavy atom. The minimum Gasteiger partial charge on any atom is -0.456 e. The molecule has 0 amide bonds. The van der Waals surface area contributed by atoms with Crippen molar-refractivity contribution < 1.29 is 4.42 Å². The molecule has 0 aliphatic carbocycles. The highest BCUT2D eigenvalue weighted by molar-refractivity contribution is 6.21. The van der Waals surface area contributed by atoms with Crippen LogP contribution in [0.2, 0.25) is 0 Å². The second-order valence-corrected chi connectivity index (χ2v) is 13.2. The molecule has 0 aliphatic rings. The van der Waals surface area contributed by atoms with Crippen molar-refractivity contribution in [2.45, 2.75) is 0 Å². The smallest absolute Gasteiger partial charge is 0.135 e. The Kier molecular flexibility index (Phi) is 6.89. The van der Waals surface area contributed by atoms with Gasteiger partial charge in [-0.1, -0.05) is 170 Å². The van der Waals surface area contributed by atoms with Crippen LogP contribution >= 0.6 is 0 Å². The molecule has 51 heavy (non-hydrogen) atoms. The maximum atomic E-state index is 6.13. The summed E-state index contributed by atoms with van der Waals surface area (Å²) in [5.74, 6) is 0. The van der Waals surface area contributed by atoms with E-state index in [-0.39, 0.29) is 0 Å². The highest BCUT2D eigenvalue weighted by Gasteiger charge is 2.18. The van der Waals surface area contributed by atoms with Crippen LogP contribution in [0.4, 0.5) is 0 Å². The van der Waals surface area contributed by atoms with Gasteiger partial charge in [0.15, 0.2) is 0 Å². The van der Waals surface area contributed by atoms with E-state index in [4.69, 9.17) is 4.42 Å². The average Bonchev–Trinajstić information content (AvgIpc) is 3.58. The van der Waals surface area contributed by atoms with E-state index in [1.165, 1.54) is 77.2 Å². The molecular weight excluding hydrogens is 617 g/mol. The van der Waals surface area contributed by atoms with Crippen LogP contribution in [0.5, 0.6) is 0 Å². The van der Waals surface area contributed by atoms with E-state index in [9.17, 15) is 0 Å². The first kappa shape index (κ1) is 29.2. The van der Waals surface area contributed by atoms with Crippen LogP contribution in [0.15, 0.2) is 199 Å². The summed E-state index contributed by atoms with van der Waals surface area (Å²) in [4.78, 5) is 0. The fourth-order valence-electron chi connectivity index (χ4n) is 7.93. The Labute approximate surface area is 296 Å². The van der Waals surface area contributed by atoms with E-state index >= 15 is 0 Å². The lowest BCUT2D eigenvalue weighted by atomic mass is 9.85. The van der Waals surface area contributed by atoms with Crippen molar-refractivity contribution >= 4 is 43.5 Å². The van der Waals surface area contributed by atoms with Crippen molar-refractivity contribution in [3.05, 3.63) is 194 Å². The number of hydrogen-bond donors (Lipinski definition) is 0. The maximum absolute atomic E-state index is 6.13. The quantitative estimate of drug-likeness (QED) is 0.169. The lowest BCUT2D eigenvalue weighted by Crippen LogP contribution is -1.91. The summed E-state index contributed by atoms with van der Waals surface area (Å²) in [6.45, 7) is 0. The van der Waals surface area contributed by atoms with Gasteiger partial charge in [-0.2, -0.15) is 0 Å². The van der Waals surface area contributed by atoms with Gasteiger partial charge in [0.05, 0.1) is 0 Å². The highest BCUT2D eigenvalue weighted by atomic mass is 16.3. The number of para-hydroxylation sites is 1. The highest BCUT2D eigenvalue weighted by Crippen LogP contribution is 2.45. The normalized spacial score (nSPS) is 11.5. The molecule has 0 N–H and O–H groups in total. The van der Waals surface area contributed by atoms with Crippen LogP contribution in [0.25, 0.3) is 99.1 Å². The van der Waals surface area contributed by atoms with Crippen molar-refractivity contribution in [3.63, 3.8) is 0 Å². The molecule has 0 saturated carbocycles. The largest absolute Gasteiger partial charge is 0.456 e. The molecule has 9 aromatic carbocycles. The van der Waals surface area contributed by atoms with Gasteiger partial charge < -0.3 is 4.42 Å². The van der Waals surface area contributed by atoms with E-state index in [2.05, 4.69) is 182 Å². The van der Waals surface area contributed by atoms with Gasteiger partial charge >= 0.3 is 0 Å². The lowest BCUT2D eigenvalue weighted by Gasteiger charge is -2.18. The van der Waals surface area contributed by atoms with Gasteiger partial charge in [-0.3, -0.25) is 0 Å². The van der Waals surface area contributed by atoms with Crippen LogP contribution < -0.4 is 0 Å². The maximum Gasteiger partial charge on any atom is 0.135 e. The Balaban J connectivity index is 1.10. The first-order valence-corrected chi connectivity index (χ1v) is 17.5. The molecule has 1 aromatic heterocycles. The van der Waals surface area contributed by atoms with Crippen LogP contribution in [0.3, 0.4) is 0 Å². The minimum atomic E-state index is 0.913. The zero-order valence-corrected chi connectivity index (χ0v) is 27.9. The molecule has 10 rings (SSSR count). The molecule has 10 aromatic rings. The predicted octanol–water partition coefficient (Wildman–Crippen LogP) is 14.2. The molecule has 0 saturated heterocycles. The fourth-order valence-corrected chi connectivity index (χ4v) is 7.93. The summed E-state index contributed by atoms with van der Waals surface area (Å²) >= 11 is 0. The number of furan rings is 1. The van der Waals surface area contributed by atoms with Gasteiger partial charge in [-0.05, 0) is 101 Å². The van der Waals surface area contributed by atoms with E-state index < -0.39 is 0 Å². The summed E-state index contributed by atoms with van der Waals surface area (Å²) < 4.78 is 6.13. The Bertz CT molecular complexity index is 2840. The molecular formula is C50H32O. The van der Waals surface area contributed by atoms with Crippen molar-refractivity contribution in [2.75, 3.05) is 0 Å². The second-order valence-electron chi connectivity index (χ2n) is 13.2.